The van der Waals surface area contributed by atoms with Crippen molar-refractivity contribution >= 4 is 11.9 Å². The average molecular weight is 259 g/mol. The molecule has 0 bridgehead atoms. The maximum atomic E-state index is 12.0. The summed E-state index contributed by atoms with van der Waals surface area (Å²) in [5, 5.41) is 0. The van der Waals surface area contributed by atoms with E-state index in [1.165, 1.54) is 12.7 Å². The molecule has 4 nitrogen and oxygen atoms in total. The van der Waals surface area contributed by atoms with E-state index in [9.17, 15) is 9.59 Å². The normalized spacial score (nSPS) is 29.4. The zero-order valence-electron chi connectivity index (χ0n) is 10.9. The van der Waals surface area contributed by atoms with Gasteiger partial charge in [-0.3, -0.25) is 9.59 Å². The van der Waals surface area contributed by atoms with Gasteiger partial charge in [0.1, 0.15) is 0 Å². The largest absolute Gasteiger partial charge is 0.469 e. The average Bonchev–Trinajstić information content (AvgIpc) is 3.15. The van der Waals surface area contributed by atoms with Crippen molar-refractivity contribution in [3.8, 4) is 0 Å². The van der Waals surface area contributed by atoms with Crippen LogP contribution in [-0.2, 0) is 14.3 Å². The summed E-state index contributed by atoms with van der Waals surface area (Å²) in [5.74, 6) is -0.0392. The smallest absolute Gasteiger partial charge is 0.310 e. The Labute approximate surface area is 112 Å². The molecule has 1 saturated carbocycles. The fourth-order valence-electron chi connectivity index (χ4n) is 2.96. The molecule has 0 radical (unpaired) electrons. The first-order chi connectivity index (χ1) is 9.20. The van der Waals surface area contributed by atoms with Crippen molar-refractivity contribution < 1.29 is 14.3 Å². The molecule has 3 atom stereocenters. The molecule has 1 aromatic rings. The summed E-state index contributed by atoms with van der Waals surface area (Å²) in [6, 6.07) is 10.5. The van der Waals surface area contributed by atoms with Crippen molar-refractivity contribution in [1.29, 1.82) is 0 Å². The van der Waals surface area contributed by atoms with Crippen molar-refractivity contribution in [2.24, 2.45) is 5.92 Å². The van der Waals surface area contributed by atoms with Crippen LogP contribution in [0, 0.1) is 5.92 Å². The number of benzene rings is 1. The molecule has 3 unspecified atom stereocenters. The van der Waals surface area contributed by atoms with Gasteiger partial charge in [-0.25, -0.2) is 0 Å². The Morgan fingerprint density at radius 3 is 2.74 bits per heavy atom. The molecule has 4 heteroatoms. The fraction of sp³-hybridized carbons (Fsp3) is 0.467. The summed E-state index contributed by atoms with van der Waals surface area (Å²) in [6.07, 6.45) is 1.30. The van der Waals surface area contributed by atoms with Crippen LogP contribution < -0.4 is 0 Å². The third kappa shape index (κ3) is 2.23. The van der Waals surface area contributed by atoms with Gasteiger partial charge in [-0.1, -0.05) is 30.3 Å². The summed E-state index contributed by atoms with van der Waals surface area (Å²) in [5.41, 5.74) is 1.28. The van der Waals surface area contributed by atoms with E-state index in [1.807, 2.05) is 23.1 Å². The maximum Gasteiger partial charge on any atom is 0.310 e. The minimum absolute atomic E-state index is 0.0823. The van der Waals surface area contributed by atoms with Crippen LogP contribution in [0.4, 0.5) is 0 Å². The van der Waals surface area contributed by atoms with Gasteiger partial charge < -0.3 is 9.64 Å². The van der Waals surface area contributed by atoms with Crippen LogP contribution in [0.5, 0.6) is 0 Å². The standard InChI is InChI=1S/C15H17NO3/c1-19-15(18)11-7-14(17)16(9-11)13-8-12(13)10-5-3-2-4-6-10/h2-6,11-13H,7-9H2,1H3. The fourth-order valence-corrected chi connectivity index (χ4v) is 2.96. The number of methoxy groups -OCH3 is 1. The Hall–Kier alpha value is -1.84. The van der Waals surface area contributed by atoms with Gasteiger partial charge in [-0.15, -0.1) is 0 Å². The van der Waals surface area contributed by atoms with Crippen LogP contribution in [-0.4, -0.2) is 36.5 Å². The molecule has 2 fully saturated rings. The number of esters is 1. The molecule has 1 amide bonds. The van der Waals surface area contributed by atoms with Crippen LogP contribution in [0.25, 0.3) is 0 Å². The molecule has 0 aromatic heterocycles. The lowest BCUT2D eigenvalue weighted by molar-refractivity contribution is -0.145. The van der Waals surface area contributed by atoms with E-state index >= 15 is 0 Å². The number of likely N-dealkylation sites (tertiary alicyclic amines) is 1. The molecule has 0 spiro atoms. The lowest BCUT2D eigenvalue weighted by atomic mass is 10.1. The predicted octanol–water partition coefficient (Wildman–Crippen LogP) is 1.56. The molecule has 19 heavy (non-hydrogen) atoms. The number of hydrogen-bond acceptors (Lipinski definition) is 3. The van der Waals surface area contributed by atoms with Crippen LogP contribution in [0.1, 0.15) is 24.3 Å². The van der Waals surface area contributed by atoms with Crippen molar-refractivity contribution in [2.75, 3.05) is 13.7 Å². The lowest BCUT2D eigenvalue weighted by Crippen LogP contribution is -2.29. The van der Waals surface area contributed by atoms with E-state index < -0.39 is 0 Å². The van der Waals surface area contributed by atoms with Crippen molar-refractivity contribution in [3.63, 3.8) is 0 Å². The highest BCUT2D eigenvalue weighted by Gasteiger charge is 2.49. The third-order valence-electron chi connectivity index (χ3n) is 4.08. The topological polar surface area (TPSA) is 46.6 Å². The van der Waals surface area contributed by atoms with Crippen LogP contribution in [0.3, 0.4) is 0 Å². The SMILES string of the molecule is COC(=O)C1CC(=O)N(C2CC2c2ccccc2)C1. The highest BCUT2D eigenvalue weighted by Crippen LogP contribution is 2.46. The molecule has 1 heterocycles. The zero-order valence-corrected chi connectivity index (χ0v) is 10.9. The number of hydrogen-bond donors (Lipinski definition) is 0. The van der Waals surface area contributed by atoms with E-state index in [4.69, 9.17) is 4.74 Å². The number of carbonyl (C=O) groups excluding carboxylic acids is 2. The number of carbonyl (C=O) groups is 2. The molecule has 1 aromatic carbocycles. The van der Waals surface area contributed by atoms with E-state index in [1.54, 1.807) is 0 Å². The molecular weight excluding hydrogens is 242 g/mol. The van der Waals surface area contributed by atoms with Crippen LogP contribution in [0.2, 0.25) is 0 Å². The maximum absolute atomic E-state index is 12.0. The second-order valence-electron chi connectivity index (χ2n) is 5.29. The van der Waals surface area contributed by atoms with E-state index in [0.717, 1.165) is 6.42 Å². The molecule has 0 N–H and O–H groups in total. The first-order valence-corrected chi connectivity index (χ1v) is 6.63. The summed E-state index contributed by atoms with van der Waals surface area (Å²) in [7, 11) is 1.37. The number of ether oxygens (including phenoxy) is 1. The first kappa shape index (κ1) is 12.2. The summed E-state index contributed by atoms with van der Waals surface area (Å²) >= 11 is 0. The molecule has 1 saturated heterocycles. The third-order valence-corrected chi connectivity index (χ3v) is 4.08. The van der Waals surface area contributed by atoms with E-state index in [0.29, 0.717) is 18.9 Å². The first-order valence-electron chi connectivity index (χ1n) is 6.63. The summed E-state index contributed by atoms with van der Waals surface area (Å²) in [4.78, 5) is 25.3. The Kier molecular flexibility index (Phi) is 3.01. The summed E-state index contributed by atoms with van der Waals surface area (Å²) < 4.78 is 4.72. The van der Waals surface area contributed by atoms with Crippen LogP contribution in [0.15, 0.2) is 30.3 Å². The van der Waals surface area contributed by atoms with Gasteiger partial charge in [0, 0.05) is 24.9 Å². The highest BCUT2D eigenvalue weighted by molar-refractivity contribution is 5.87. The van der Waals surface area contributed by atoms with Gasteiger partial charge in [-0.05, 0) is 12.0 Å². The van der Waals surface area contributed by atoms with Crippen molar-refractivity contribution in [3.05, 3.63) is 35.9 Å². The molecule has 2 aliphatic rings. The van der Waals surface area contributed by atoms with Gasteiger partial charge in [-0.2, -0.15) is 0 Å². The van der Waals surface area contributed by atoms with E-state index in [2.05, 4.69) is 12.1 Å². The molecule has 100 valence electrons. The minimum Gasteiger partial charge on any atom is -0.469 e. The van der Waals surface area contributed by atoms with Gasteiger partial charge in [0.2, 0.25) is 5.91 Å². The number of rotatable bonds is 3. The van der Waals surface area contributed by atoms with Crippen LogP contribution >= 0.6 is 0 Å². The van der Waals surface area contributed by atoms with Gasteiger partial charge in [0.25, 0.3) is 0 Å². The monoisotopic (exact) mass is 259 g/mol. The minimum atomic E-state index is -0.283. The second-order valence-corrected chi connectivity index (χ2v) is 5.29. The Morgan fingerprint density at radius 1 is 1.32 bits per heavy atom. The van der Waals surface area contributed by atoms with Crippen molar-refractivity contribution in [1.82, 2.24) is 4.90 Å². The molecular formula is C15H17NO3. The summed E-state index contributed by atoms with van der Waals surface area (Å²) in [6.45, 7) is 0.513. The number of amides is 1. The quantitative estimate of drug-likeness (QED) is 0.774. The lowest BCUT2D eigenvalue weighted by Gasteiger charge is -2.16. The zero-order chi connectivity index (χ0) is 13.4. The second kappa shape index (κ2) is 4.68. The molecule has 1 aliphatic carbocycles. The molecule has 3 rings (SSSR count). The Bertz CT molecular complexity index is 499. The number of nitrogens with zero attached hydrogens (tertiary/aromatic N) is 1. The van der Waals surface area contributed by atoms with Gasteiger partial charge in [0.05, 0.1) is 13.0 Å². The predicted molar refractivity (Wildman–Crippen MR) is 69.4 cm³/mol. The Balaban J connectivity index is 1.66. The van der Waals surface area contributed by atoms with E-state index in [-0.39, 0.29) is 23.8 Å². The van der Waals surface area contributed by atoms with Crippen molar-refractivity contribution in [2.45, 2.75) is 24.8 Å². The van der Waals surface area contributed by atoms with Gasteiger partial charge in [0.15, 0.2) is 0 Å². The highest BCUT2D eigenvalue weighted by atomic mass is 16.5. The Morgan fingerprint density at radius 2 is 2.05 bits per heavy atom. The molecule has 1 aliphatic heterocycles. The van der Waals surface area contributed by atoms with Gasteiger partial charge >= 0.3 is 5.97 Å².